The molecule has 218 valence electrons. The van der Waals surface area contributed by atoms with Gasteiger partial charge in [0.2, 0.25) is 0 Å². The number of hydrogen-bond donors (Lipinski definition) is 0. The molecule has 0 N–H and O–H groups in total. The molecular weight excluding hydrogens is 595 g/mol. The molecule has 0 saturated carbocycles. The Kier molecular flexibility index (Phi) is 5.44. The summed E-state index contributed by atoms with van der Waals surface area (Å²) in [6, 6.07) is 52.2. The van der Waals surface area contributed by atoms with Crippen LogP contribution in [-0.2, 0) is 5.41 Å². The monoisotopic (exact) mass is 623 g/mol. The van der Waals surface area contributed by atoms with Gasteiger partial charge in [0.15, 0.2) is 0 Å². The fourth-order valence-electron chi connectivity index (χ4n) is 7.79. The molecule has 0 amide bonds. The summed E-state index contributed by atoms with van der Waals surface area (Å²) in [5.41, 5.74) is 8.94. The molecule has 0 fully saturated rings. The molecule has 0 saturated heterocycles. The van der Waals surface area contributed by atoms with Crippen LogP contribution < -0.4 is 4.90 Å². The topological polar surface area (TPSA) is 3.24 Å². The predicted octanol–water partition coefficient (Wildman–Crippen LogP) is 13.4. The Morgan fingerprint density at radius 3 is 1.89 bits per heavy atom. The van der Waals surface area contributed by atoms with Gasteiger partial charge in [-0.15, -0.1) is 22.7 Å². The fourth-order valence-corrected chi connectivity index (χ4v) is 10.0. The quantitative estimate of drug-likeness (QED) is 0.189. The van der Waals surface area contributed by atoms with Crippen molar-refractivity contribution in [1.29, 1.82) is 0 Å². The van der Waals surface area contributed by atoms with Gasteiger partial charge in [0.1, 0.15) is 0 Å². The van der Waals surface area contributed by atoms with Crippen molar-refractivity contribution in [1.82, 2.24) is 0 Å². The highest BCUT2D eigenvalue weighted by atomic mass is 32.1. The number of benzene rings is 7. The van der Waals surface area contributed by atoms with Crippen LogP contribution in [0.4, 0.5) is 17.1 Å². The molecule has 0 unspecified atom stereocenters. The van der Waals surface area contributed by atoms with Gasteiger partial charge in [-0.05, 0) is 88.3 Å². The molecule has 9 aromatic rings. The van der Waals surface area contributed by atoms with Crippen molar-refractivity contribution in [2.45, 2.75) is 19.3 Å². The Morgan fingerprint density at radius 2 is 1.07 bits per heavy atom. The van der Waals surface area contributed by atoms with Crippen molar-refractivity contribution in [3.63, 3.8) is 0 Å². The van der Waals surface area contributed by atoms with E-state index in [4.69, 9.17) is 0 Å². The summed E-state index contributed by atoms with van der Waals surface area (Å²) in [5, 5.41) is 7.80. The smallest absolute Gasteiger partial charge is 0.0540 e. The minimum Gasteiger partial charge on any atom is -0.310 e. The summed E-state index contributed by atoms with van der Waals surface area (Å²) in [6.45, 7) is 4.73. The average Bonchev–Trinajstić information content (AvgIpc) is 3.71. The summed E-state index contributed by atoms with van der Waals surface area (Å²) in [6.07, 6.45) is 0. The first-order valence-electron chi connectivity index (χ1n) is 15.8. The van der Waals surface area contributed by atoms with Gasteiger partial charge in [0.05, 0.1) is 5.69 Å². The third-order valence-electron chi connectivity index (χ3n) is 10.0. The summed E-state index contributed by atoms with van der Waals surface area (Å²) in [5.74, 6) is 0. The zero-order valence-electron chi connectivity index (χ0n) is 25.5. The van der Waals surface area contributed by atoms with E-state index in [0.29, 0.717) is 0 Å². The second-order valence-electron chi connectivity index (χ2n) is 13.0. The van der Waals surface area contributed by atoms with Gasteiger partial charge in [-0.2, -0.15) is 0 Å². The number of rotatable bonds is 3. The van der Waals surface area contributed by atoms with E-state index in [1.165, 1.54) is 90.4 Å². The molecule has 0 spiro atoms. The SMILES string of the molecule is CC1(C)c2ccccc2-c2ccc(N(c3ccc4sc5ccccc5c4c3)c3cccc4cc5sc6ccccc6c5cc34)cc21. The largest absolute Gasteiger partial charge is 0.310 e. The van der Waals surface area contributed by atoms with Crippen LogP contribution in [0.5, 0.6) is 0 Å². The second kappa shape index (κ2) is 9.53. The number of thiophene rings is 2. The van der Waals surface area contributed by atoms with Crippen LogP contribution >= 0.6 is 22.7 Å². The van der Waals surface area contributed by atoms with Crippen LogP contribution in [0.25, 0.3) is 62.2 Å². The fraction of sp³-hybridized carbons (Fsp3) is 0.0698. The lowest BCUT2D eigenvalue weighted by Crippen LogP contribution is -2.16. The summed E-state index contributed by atoms with van der Waals surface area (Å²) in [4.78, 5) is 2.49. The van der Waals surface area contributed by atoms with E-state index in [-0.39, 0.29) is 5.41 Å². The van der Waals surface area contributed by atoms with E-state index >= 15 is 0 Å². The van der Waals surface area contributed by atoms with Crippen LogP contribution in [-0.4, -0.2) is 0 Å². The Hall–Kier alpha value is -4.96. The first-order chi connectivity index (χ1) is 22.5. The highest BCUT2D eigenvalue weighted by Crippen LogP contribution is 2.51. The molecule has 1 aliphatic rings. The molecule has 46 heavy (non-hydrogen) atoms. The first kappa shape index (κ1) is 26.3. The molecule has 2 aromatic heterocycles. The minimum atomic E-state index is -0.0817. The molecule has 1 aliphatic carbocycles. The standard InChI is InChI=1S/C43H29NS2/c1-43(2)36-14-6-3-11-29(36)30-20-18-28(24-37(30)43)44(27-19-21-41-34(23-27)31-12-4-7-16-39(31)45-41)38-15-9-10-26-22-42-35(25-33(26)38)32-13-5-8-17-40(32)46-42/h3-25H,1-2H3. The van der Waals surface area contributed by atoms with Gasteiger partial charge in [-0.25, -0.2) is 0 Å². The van der Waals surface area contributed by atoms with Crippen LogP contribution in [0.3, 0.4) is 0 Å². The van der Waals surface area contributed by atoms with Gasteiger partial charge in [0, 0.05) is 62.5 Å². The van der Waals surface area contributed by atoms with E-state index < -0.39 is 0 Å². The van der Waals surface area contributed by atoms with Crippen molar-refractivity contribution < 1.29 is 0 Å². The first-order valence-corrected chi connectivity index (χ1v) is 17.5. The Morgan fingerprint density at radius 1 is 0.435 bits per heavy atom. The summed E-state index contributed by atoms with van der Waals surface area (Å²) in [7, 11) is 0. The van der Waals surface area contributed by atoms with Gasteiger partial charge in [0.25, 0.3) is 0 Å². The lowest BCUT2D eigenvalue weighted by Gasteiger charge is -2.29. The average molecular weight is 624 g/mol. The molecule has 0 atom stereocenters. The van der Waals surface area contributed by atoms with Crippen molar-refractivity contribution >= 4 is 90.9 Å². The van der Waals surface area contributed by atoms with E-state index in [2.05, 4.69) is 158 Å². The maximum atomic E-state index is 2.49. The molecule has 7 aromatic carbocycles. The van der Waals surface area contributed by atoms with Gasteiger partial charge < -0.3 is 4.90 Å². The second-order valence-corrected chi connectivity index (χ2v) is 15.1. The predicted molar refractivity (Wildman–Crippen MR) is 202 cm³/mol. The molecular formula is C43H29NS2. The highest BCUT2D eigenvalue weighted by Gasteiger charge is 2.35. The summed E-state index contributed by atoms with van der Waals surface area (Å²) < 4.78 is 5.32. The molecule has 1 nitrogen and oxygen atoms in total. The molecule has 0 bridgehead atoms. The van der Waals surface area contributed by atoms with E-state index in [0.717, 1.165) is 0 Å². The zero-order chi connectivity index (χ0) is 30.6. The molecule has 2 heterocycles. The highest BCUT2D eigenvalue weighted by molar-refractivity contribution is 7.26. The van der Waals surface area contributed by atoms with Crippen LogP contribution in [0.1, 0.15) is 25.0 Å². The van der Waals surface area contributed by atoms with Crippen LogP contribution in [0.2, 0.25) is 0 Å². The lowest BCUT2D eigenvalue weighted by molar-refractivity contribution is 0.660. The third-order valence-corrected chi connectivity index (χ3v) is 12.3. The lowest BCUT2D eigenvalue weighted by atomic mass is 9.82. The molecule has 10 rings (SSSR count). The van der Waals surface area contributed by atoms with Crippen molar-refractivity contribution in [2.24, 2.45) is 0 Å². The van der Waals surface area contributed by atoms with E-state index in [1.54, 1.807) is 0 Å². The number of fused-ring (bicyclic) bond motifs is 10. The summed E-state index contributed by atoms with van der Waals surface area (Å²) >= 11 is 3.75. The van der Waals surface area contributed by atoms with Gasteiger partial charge in [-0.1, -0.05) is 92.7 Å². The maximum absolute atomic E-state index is 2.49. The number of hydrogen-bond acceptors (Lipinski definition) is 3. The zero-order valence-corrected chi connectivity index (χ0v) is 27.2. The normalized spacial score (nSPS) is 13.6. The van der Waals surface area contributed by atoms with Gasteiger partial charge >= 0.3 is 0 Å². The minimum absolute atomic E-state index is 0.0817. The Bertz CT molecular complexity index is 2690. The number of nitrogens with zero attached hydrogens (tertiary/aromatic N) is 1. The van der Waals surface area contributed by atoms with Crippen LogP contribution in [0, 0.1) is 0 Å². The molecule has 0 radical (unpaired) electrons. The molecule has 0 aliphatic heterocycles. The van der Waals surface area contributed by atoms with Crippen molar-refractivity contribution in [3.05, 3.63) is 151 Å². The maximum Gasteiger partial charge on any atom is 0.0540 e. The molecule has 3 heteroatoms. The van der Waals surface area contributed by atoms with Gasteiger partial charge in [-0.3, -0.25) is 0 Å². The van der Waals surface area contributed by atoms with Crippen molar-refractivity contribution in [3.8, 4) is 11.1 Å². The van der Waals surface area contributed by atoms with E-state index in [9.17, 15) is 0 Å². The van der Waals surface area contributed by atoms with Crippen molar-refractivity contribution in [2.75, 3.05) is 4.90 Å². The third kappa shape index (κ3) is 3.67. The van der Waals surface area contributed by atoms with Crippen LogP contribution in [0.15, 0.2) is 140 Å². The number of anilines is 3. The Balaban J connectivity index is 1.26. The Labute approximate surface area is 275 Å². The van der Waals surface area contributed by atoms with E-state index in [1.807, 2.05) is 22.7 Å².